The van der Waals surface area contributed by atoms with Crippen molar-refractivity contribution >= 4 is 5.97 Å². The number of hydrogen-bond donors (Lipinski definition) is 0. The third-order valence-electron chi connectivity index (χ3n) is 11.6. The third-order valence-corrected chi connectivity index (χ3v) is 11.6. The third kappa shape index (κ3) is 4.11. The molecule has 4 aliphatic rings. The predicted octanol–water partition coefficient (Wildman–Crippen LogP) is 8.21. The number of ether oxygens (including phenoxy) is 1. The van der Waals surface area contributed by atoms with Gasteiger partial charge in [-0.3, -0.25) is 4.79 Å². The van der Waals surface area contributed by atoms with Gasteiger partial charge in [-0.15, -0.1) is 0 Å². The van der Waals surface area contributed by atoms with E-state index >= 15 is 0 Å². The van der Waals surface area contributed by atoms with E-state index in [-0.39, 0.29) is 5.97 Å². The normalized spacial score (nSPS) is 44.9. The van der Waals surface area contributed by atoms with Gasteiger partial charge in [-0.05, 0) is 137 Å². The fraction of sp³-hybridized carbons (Fsp3) is 0.900. The zero-order valence-electron chi connectivity index (χ0n) is 21.9. The quantitative estimate of drug-likeness (QED) is 0.306. The number of carbonyl (C=O) groups is 1. The van der Waals surface area contributed by atoms with E-state index in [1.165, 1.54) is 57.8 Å². The summed E-state index contributed by atoms with van der Waals surface area (Å²) in [6, 6.07) is 0. The van der Waals surface area contributed by atoms with E-state index in [0.29, 0.717) is 29.8 Å². The highest BCUT2D eigenvalue weighted by Gasteiger charge is 2.60. The molecule has 0 aromatic rings. The molecule has 0 N–H and O–H groups in total. The average Bonchev–Trinajstić information content (AvgIpc) is 3.14. The van der Waals surface area contributed by atoms with E-state index < -0.39 is 0 Å². The number of rotatable bonds is 6. The summed E-state index contributed by atoms with van der Waals surface area (Å²) in [5.74, 6) is 6.05. The molecule has 0 aromatic carbocycles. The molecule has 0 heterocycles. The van der Waals surface area contributed by atoms with Gasteiger partial charge < -0.3 is 4.74 Å². The second-order valence-electron chi connectivity index (χ2n) is 12.7. The zero-order valence-corrected chi connectivity index (χ0v) is 21.9. The summed E-state index contributed by atoms with van der Waals surface area (Å²) in [4.78, 5) is 11.9. The molecule has 182 valence electrons. The molecule has 0 aliphatic heterocycles. The highest BCUT2D eigenvalue weighted by atomic mass is 16.5. The van der Waals surface area contributed by atoms with E-state index in [1.54, 1.807) is 5.57 Å². The molecule has 9 atom stereocenters. The van der Waals surface area contributed by atoms with E-state index in [0.717, 1.165) is 41.9 Å². The standard InChI is InChI=1S/C30H50O2/c1-7-20(3)22-15-17-29(5)23(19-22)10-11-24-26-13-12-25(30(26,6)18-16-27(24)29)21(4)9-14-28(31)32-8-2/h7,21-27H,8-19H2,1-6H3/t21-,22?,23?,24?,25?,26?,27?,29?,30?/m1/s1. The molecule has 0 saturated heterocycles. The molecular formula is C30H50O2. The molecule has 0 spiro atoms. The Morgan fingerprint density at radius 1 is 1.03 bits per heavy atom. The summed E-state index contributed by atoms with van der Waals surface area (Å²) < 4.78 is 5.21. The topological polar surface area (TPSA) is 26.3 Å². The lowest BCUT2D eigenvalue weighted by molar-refractivity contribution is -0.143. The van der Waals surface area contributed by atoms with Crippen molar-refractivity contribution in [2.45, 2.75) is 112 Å². The highest BCUT2D eigenvalue weighted by Crippen LogP contribution is 2.68. The minimum atomic E-state index is -0.00207. The number of hydrogen-bond acceptors (Lipinski definition) is 2. The number of allylic oxidation sites excluding steroid dienone is 2. The lowest BCUT2D eigenvalue weighted by Crippen LogP contribution is -2.53. The van der Waals surface area contributed by atoms with Crippen LogP contribution in [0.5, 0.6) is 0 Å². The summed E-state index contributed by atoms with van der Waals surface area (Å²) in [6.07, 6.45) is 17.0. The van der Waals surface area contributed by atoms with Gasteiger partial charge >= 0.3 is 5.97 Å². The first-order chi connectivity index (χ1) is 15.2. The van der Waals surface area contributed by atoms with Crippen molar-refractivity contribution in [3.63, 3.8) is 0 Å². The summed E-state index contributed by atoms with van der Waals surface area (Å²) in [5, 5.41) is 0. The van der Waals surface area contributed by atoms with Crippen LogP contribution >= 0.6 is 0 Å². The molecule has 4 aliphatic carbocycles. The van der Waals surface area contributed by atoms with Crippen molar-refractivity contribution in [1.29, 1.82) is 0 Å². The van der Waals surface area contributed by atoms with Crippen LogP contribution in [0.1, 0.15) is 112 Å². The van der Waals surface area contributed by atoms with Crippen molar-refractivity contribution in [2.24, 2.45) is 52.3 Å². The van der Waals surface area contributed by atoms with Gasteiger partial charge in [-0.2, -0.15) is 0 Å². The van der Waals surface area contributed by atoms with Crippen molar-refractivity contribution in [3.05, 3.63) is 11.6 Å². The smallest absolute Gasteiger partial charge is 0.305 e. The Morgan fingerprint density at radius 2 is 1.75 bits per heavy atom. The molecule has 2 nitrogen and oxygen atoms in total. The molecule has 0 radical (unpaired) electrons. The Hall–Kier alpha value is -0.790. The molecule has 4 saturated carbocycles. The molecule has 0 amide bonds. The molecule has 0 bridgehead atoms. The minimum Gasteiger partial charge on any atom is -0.466 e. The van der Waals surface area contributed by atoms with Gasteiger partial charge in [0.05, 0.1) is 6.61 Å². The van der Waals surface area contributed by atoms with Crippen molar-refractivity contribution in [1.82, 2.24) is 0 Å². The average molecular weight is 443 g/mol. The molecule has 4 rings (SSSR count). The molecule has 2 heteroatoms. The van der Waals surface area contributed by atoms with Gasteiger partial charge in [-0.1, -0.05) is 32.4 Å². The molecular weight excluding hydrogens is 392 g/mol. The SMILES string of the molecule is CC=C(C)C1CCC2(C)C(CCC3C2CCC2(C)C3CCC2[C@H](C)CCC(=O)OCC)C1. The van der Waals surface area contributed by atoms with Gasteiger partial charge in [0, 0.05) is 6.42 Å². The van der Waals surface area contributed by atoms with E-state index in [9.17, 15) is 4.79 Å². The maximum Gasteiger partial charge on any atom is 0.305 e. The lowest BCUT2D eigenvalue weighted by Gasteiger charge is -2.61. The fourth-order valence-corrected chi connectivity index (χ4v) is 9.66. The van der Waals surface area contributed by atoms with Crippen LogP contribution in [0.15, 0.2) is 11.6 Å². The second-order valence-corrected chi connectivity index (χ2v) is 12.7. The molecule has 8 unspecified atom stereocenters. The maximum atomic E-state index is 11.9. The largest absolute Gasteiger partial charge is 0.466 e. The van der Waals surface area contributed by atoms with Gasteiger partial charge in [0.15, 0.2) is 0 Å². The van der Waals surface area contributed by atoms with Crippen molar-refractivity contribution in [3.8, 4) is 0 Å². The fourth-order valence-electron chi connectivity index (χ4n) is 9.66. The summed E-state index contributed by atoms with van der Waals surface area (Å²) in [7, 11) is 0. The molecule has 32 heavy (non-hydrogen) atoms. The van der Waals surface area contributed by atoms with Gasteiger partial charge in [0.25, 0.3) is 0 Å². The van der Waals surface area contributed by atoms with Gasteiger partial charge in [-0.25, -0.2) is 0 Å². The van der Waals surface area contributed by atoms with Crippen molar-refractivity contribution < 1.29 is 9.53 Å². The van der Waals surface area contributed by atoms with Crippen LogP contribution in [-0.4, -0.2) is 12.6 Å². The maximum absolute atomic E-state index is 11.9. The highest BCUT2D eigenvalue weighted by molar-refractivity contribution is 5.69. The Kier molecular flexibility index (Phi) is 7.19. The van der Waals surface area contributed by atoms with Crippen molar-refractivity contribution in [2.75, 3.05) is 6.61 Å². The Morgan fingerprint density at radius 3 is 2.47 bits per heavy atom. The molecule has 0 aromatic heterocycles. The van der Waals surface area contributed by atoms with Crippen LogP contribution in [0.25, 0.3) is 0 Å². The molecule has 4 fully saturated rings. The minimum absolute atomic E-state index is 0.00207. The summed E-state index contributed by atoms with van der Waals surface area (Å²) in [5.41, 5.74) is 2.72. The first-order valence-electron chi connectivity index (χ1n) is 14.0. The summed E-state index contributed by atoms with van der Waals surface area (Å²) in [6.45, 7) is 14.8. The van der Waals surface area contributed by atoms with Crippen LogP contribution in [0, 0.1) is 52.3 Å². The summed E-state index contributed by atoms with van der Waals surface area (Å²) >= 11 is 0. The Labute approximate surface area is 198 Å². The first-order valence-corrected chi connectivity index (χ1v) is 14.0. The van der Waals surface area contributed by atoms with Crippen LogP contribution in [0.4, 0.5) is 0 Å². The monoisotopic (exact) mass is 442 g/mol. The van der Waals surface area contributed by atoms with Crippen LogP contribution in [0.3, 0.4) is 0 Å². The van der Waals surface area contributed by atoms with Gasteiger partial charge in [0.2, 0.25) is 0 Å². The Balaban J connectivity index is 1.44. The number of carbonyl (C=O) groups excluding carboxylic acids is 1. The predicted molar refractivity (Wildman–Crippen MR) is 133 cm³/mol. The van der Waals surface area contributed by atoms with Crippen LogP contribution < -0.4 is 0 Å². The van der Waals surface area contributed by atoms with Crippen LogP contribution in [0.2, 0.25) is 0 Å². The van der Waals surface area contributed by atoms with Gasteiger partial charge in [0.1, 0.15) is 0 Å². The lowest BCUT2D eigenvalue weighted by atomic mass is 9.43. The Bertz CT molecular complexity index is 710. The van der Waals surface area contributed by atoms with Crippen LogP contribution in [-0.2, 0) is 9.53 Å². The van der Waals surface area contributed by atoms with E-state index in [2.05, 4.69) is 40.7 Å². The first kappa shape index (κ1) is 24.3. The zero-order chi connectivity index (χ0) is 23.1. The number of fused-ring (bicyclic) bond motifs is 5. The van der Waals surface area contributed by atoms with E-state index in [4.69, 9.17) is 4.74 Å². The number of esters is 1. The van der Waals surface area contributed by atoms with E-state index in [1.807, 2.05) is 6.92 Å². The second kappa shape index (κ2) is 9.46.